The van der Waals surface area contributed by atoms with Gasteiger partial charge in [0.1, 0.15) is 0 Å². The van der Waals surface area contributed by atoms with E-state index in [1.807, 2.05) is 13.1 Å². The van der Waals surface area contributed by atoms with Crippen LogP contribution in [-0.2, 0) is 19.9 Å². The zero-order chi connectivity index (χ0) is 16.4. The van der Waals surface area contributed by atoms with Crippen LogP contribution in [0.25, 0.3) is 10.2 Å². The number of aromatic nitrogens is 1. The first-order chi connectivity index (χ1) is 11.0. The lowest BCUT2D eigenvalue weighted by atomic mass is 9.99. The highest BCUT2D eigenvalue weighted by Gasteiger charge is 2.08. The molecule has 1 atom stereocenters. The maximum Gasteiger partial charge on any atom is 0.307 e. The fourth-order valence-electron chi connectivity index (χ4n) is 2.81. The molecular weight excluding hydrogens is 304 g/mol. The minimum atomic E-state index is 0.0909. The van der Waals surface area contributed by atoms with Gasteiger partial charge in [0.15, 0.2) is 0 Å². The van der Waals surface area contributed by atoms with Gasteiger partial charge in [0, 0.05) is 13.1 Å². The van der Waals surface area contributed by atoms with Crippen molar-refractivity contribution in [3.8, 4) is 0 Å². The van der Waals surface area contributed by atoms with E-state index in [2.05, 4.69) is 43.3 Å². The molecule has 0 spiro atoms. The molecule has 2 aromatic carbocycles. The normalized spacial score (nSPS) is 12.7. The molecule has 3 rings (SSSR count). The Morgan fingerprint density at radius 2 is 1.83 bits per heavy atom. The van der Waals surface area contributed by atoms with Gasteiger partial charge in [0.05, 0.1) is 10.2 Å². The average Bonchev–Trinajstić information content (AvgIpc) is 2.82. The maximum atomic E-state index is 11.7. The summed E-state index contributed by atoms with van der Waals surface area (Å²) >= 11 is 1.31. The van der Waals surface area contributed by atoms with Gasteiger partial charge in [-0.25, -0.2) is 0 Å². The minimum absolute atomic E-state index is 0.0909. The van der Waals surface area contributed by atoms with Crippen LogP contribution in [0.4, 0.5) is 0 Å². The lowest BCUT2D eigenvalue weighted by Gasteiger charge is -2.12. The molecule has 0 radical (unpaired) electrons. The Bertz CT molecular complexity index is 861. The molecule has 0 saturated carbocycles. The fraction of sp³-hybridized carbons (Fsp3) is 0.316. The number of nitrogens with two attached hydrogens (primary N) is 1. The Labute approximate surface area is 140 Å². The molecule has 3 nitrogen and oxygen atoms in total. The zero-order valence-corrected chi connectivity index (χ0v) is 14.4. The van der Waals surface area contributed by atoms with Crippen LogP contribution < -0.4 is 10.6 Å². The van der Waals surface area contributed by atoms with Gasteiger partial charge in [-0.3, -0.25) is 4.79 Å². The van der Waals surface area contributed by atoms with E-state index in [4.69, 9.17) is 5.73 Å². The molecule has 0 bridgehead atoms. The minimum Gasteiger partial charge on any atom is -0.327 e. The summed E-state index contributed by atoms with van der Waals surface area (Å²) in [5, 5.41) is 0. The highest BCUT2D eigenvalue weighted by Crippen LogP contribution is 2.19. The molecule has 0 aliphatic heterocycles. The molecule has 1 unspecified atom stereocenters. The van der Waals surface area contributed by atoms with E-state index in [0.29, 0.717) is 0 Å². The van der Waals surface area contributed by atoms with Crippen LogP contribution >= 0.6 is 11.3 Å². The summed E-state index contributed by atoms with van der Waals surface area (Å²) in [5.41, 5.74) is 11.1. The highest BCUT2D eigenvalue weighted by molar-refractivity contribution is 7.16. The van der Waals surface area contributed by atoms with Gasteiger partial charge < -0.3 is 10.3 Å². The lowest BCUT2D eigenvalue weighted by molar-refractivity contribution is 0.610. The molecule has 1 aromatic heterocycles. The number of nitrogens with zero attached hydrogens (tertiary/aromatic N) is 1. The van der Waals surface area contributed by atoms with Gasteiger partial charge in [-0.05, 0) is 49.4 Å². The van der Waals surface area contributed by atoms with Crippen LogP contribution in [0.1, 0.15) is 23.1 Å². The summed E-state index contributed by atoms with van der Waals surface area (Å²) < 4.78 is 2.76. The number of hydrogen-bond acceptors (Lipinski definition) is 3. The number of rotatable bonds is 5. The second-order valence-electron chi connectivity index (χ2n) is 6.22. The van der Waals surface area contributed by atoms with Crippen LogP contribution in [0.2, 0.25) is 0 Å². The first-order valence-electron chi connectivity index (χ1n) is 7.92. The summed E-state index contributed by atoms with van der Waals surface area (Å²) in [7, 11) is 1.82. The average molecular weight is 326 g/mol. The summed E-state index contributed by atoms with van der Waals surface area (Å²) in [6.45, 7) is 2.09. The van der Waals surface area contributed by atoms with Crippen molar-refractivity contribution in [2.45, 2.75) is 32.2 Å². The van der Waals surface area contributed by atoms with Crippen LogP contribution in [0.15, 0.2) is 47.3 Å². The summed E-state index contributed by atoms with van der Waals surface area (Å²) in [6, 6.07) is 15.0. The first-order valence-corrected chi connectivity index (χ1v) is 8.74. The first kappa shape index (κ1) is 16.0. The number of hydrogen-bond donors (Lipinski definition) is 1. The second kappa shape index (κ2) is 6.69. The van der Waals surface area contributed by atoms with Crippen LogP contribution in [-0.4, -0.2) is 10.6 Å². The summed E-state index contributed by atoms with van der Waals surface area (Å²) in [5.74, 6) is 0. The van der Waals surface area contributed by atoms with E-state index in [-0.39, 0.29) is 10.9 Å². The van der Waals surface area contributed by atoms with Crippen molar-refractivity contribution in [1.29, 1.82) is 0 Å². The van der Waals surface area contributed by atoms with Crippen molar-refractivity contribution in [2.24, 2.45) is 12.8 Å². The van der Waals surface area contributed by atoms with Gasteiger partial charge in [0.2, 0.25) is 0 Å². The van der Waals surface area contributed by atoms with Crippen LogP contribution in [0.3, 0.4) is 0 Å². The molecule has 0 fully saturated rings. The molecule has 2 N–H and O–H groups in total. The predicted molar refractivity (Wildman–Crippen MR) is 98.2 cm³/mol. The topological polar surface area (TPSA) is 48.0 Å². The van der Waals surface area contributed by atoms with E-state index >= 15 is 0 Å². The van der Waals surface area contributed by atoms with Crippen molar-refractivity contribution < 1.29 is 0 Å². The van der Waals surface area contributed by atoms with Gasteiger partial charge in [-0.15, -0.1) is 0 Å². The molecule has 3 aromatic rings. The van der Waals surface area contributed by atoms with Crippen molar-refractivity contribution in [3.63, 3.8) is 0 Å². The number of benzene rings is 2. The van der Waals surface area contributed by atoms with Crippen molar-refractivity contribution in [3.05, 3.63) is 68.8 Å². The van der Waals surface area contributed by atoms with Gasteiger partial charge >= 0.3 is 4.87 Å². The quantitative estimate of drug-likeness (QED) is 0.781. The molecule has 120 valence electrons. The summed E-state index contributed by atoms with van der Waals surface area (Å²) in [4.78, 5) is 11.8. The molecule has 0 saturated heterocycles. The zero-order valence-electron chi connectivity index (χ0n) is 13.6. The summed E-state index contributed by atoms with van der Waals surface area (Å²) in [6.07, 6.45) is 2.79. The number of fused-ring (bicyclic) bond motifs is 1. The van der Waals surface area contributed by atoms with E-state index in [1.165, 1.54) is 28.0 Å². The molecule has 23 heavy (non-hydrogen) atoms. The number of aryl methyl sites for hydroxylation is 3. The van der Waals surface area contributed by atoms with Gasteiger partial charge in [0.25, 0.3) is 0 Å². The third kappa shape index (κ3) is 3.71. The largest absolute Gasteiger partial charge is 0.327 e. The lowest BCUT2D eigenvalue weighted by Crippen LogP contribution is -2.23. The standard InChI is InChI=1S/C19H22N2OS/c1-13-3-5-14(6-4-13)11-16(20)9-7-15-8-10-17-18(12-15)23-19(22)21(17)2/h3-6,8,10,12,16H,7,9,11,20H2,1-2H3. The van der Waals surface area contributed by atoms with Crippen molar-refractivity contribution in [1.82, 2.24) is 4.57 Å². The van der Waals surface area contributed by atoms with E-state index in [9.17, 15) is 4.79 Å². The molecule has 1 heterocycles. The van der Waals surface area contributed by atoms with Gasteiger partial charge in [-0.2, -0.15) is 0 Å². The van der Waals surface area contributed by atoms with E-state index < -0.39 is 0 Å². The monoisotopic (exact) mass is 326 g/mol. The molecule has 0 aliphatic carbocycles. The Balaban J connectivity index is 1.63. The van der Waals surface area contributed by atoms with Crippen LogP contribution in [0.5, 0.6) is 0 Å². The Morgan fingerprint density at radius 3 is 2.57 bits per heavy atom. The molecular formula is C19H22N2OS. The second-order valence-corrected chi connectivity index (χ2v) is 7.21. The molecule has 0 aliphatic rings. The third-order valence-corrected chi connectivity index (χ3v) is 5.27. The molecule has 4 heteroatoms. The number of thiazole rings is 1. The Kier molecular flexibility index (Phi) is 4.64. The van der Waals surface area contributed by atoms with Crippen LogP contribution in [0, 0.1) is 6.92 Å². The van der Waals surface area contributed by atoms with Crippen molar-refractivity contribution in [2.75, 3.05) is 0 Å². The smallest absolute Gasteiger partial charge is 0.307 e. The predicted octanol–water partition coefficient (Wildman–Crippen LogP) is 3.41. The van der Waals surface area contributed by atoms with E-state index in [0.717, 1.165) is 29.5 Å². The SMILES string of the molecule is Cc1ccc(CC(N)CCc2ccc3c(c2)sc(=O)n3C)cc1. The Hall–Kier alpha value is -1.91. The Morgan fingerprint density at radius 1 is 1.13 bits per heavy atom. The maximum absolute atomic E-state index is 11.7. The van der Waals surface area contributed by atoms with E-state index in [1.54, 1.807) is 4.57 Å². The van der Waals surface area contributed by atoms with Gasteiger partial charge in [-0.1, -0.05) is 47.2 Å². The van der Waals surface area contributed by atoms with Crippen molar-refractivity contribution >= 4 is 21.6 Å². The molecule has 0 amide bonds. The highest BCUT2D eigenvalue weighted by atomic mass is 32.1. The fourth-order valence-corrected chi connectivity index (χ4v) is 3.76. The third-order valence-electron chi connectivity index (χ3n) is 4.28.